The molecule has 0 saturated carbocycles. The highest BCUT2D eigenvalue weighted by atomic mass is 19.1. The van der Waals surface area contributed by atoms with Gasteiger partial charge in [0.2, 0.25) is 0 Å². The van der Waals surface area contributed by atoms with Crippen molar-refractivity contribution in [1.82, 2.24) is 5.32 Å². The molecule has 0 aliphatic heterocycles. The van der Waals surface area contributed by atoms with Gasteiger partial charge in [-0.3, -0.25) is 0 Å². The molecule has 0 spiro atoms. The molecule has 21 heavy (non-hydrogen) atoms. The summed E-state index contributed by atoms with van der Waals surface area (Å²) in [6.07, 6.45) is 0. The molecule has 0 aromatic heterocycles. The highest BCUT2D eigenvalue weighted by Crippen LogP contribution is 2.26. The summed E-state index contributed by atoms with van der Waals surface area (Å²) in [5.41, 5.74) is 3.40. The Labute approximate surface area is 126 Å². The van der Waals surface area contributed by atoms with E-state index in [1.165, 1.54) is 17.7 Å². The molecule has 0 amide bonds. The number of nitrogens with zero attached hydrogens (tertiary/aromatic N) is 1. The van der Waals surface area contributed by atoms with E-state index >= 15 is 0 Å². The number of rotatable bonds is 6. The Bertz CT molecular complexity index is 548. The summed E-state index contributed by atoms with van der Waals surface area (Å²) < 4.78 is 13.0. The molecule has 1 N–H and O–H groups in total. The van der Waals surface area contributed by atoms with Crippen LogP contribution in [0.15, 0.2) is 48.5 Å². The monoisotopic (exact) mass is 286 g/mol. The number of hydrogen-bond donors (Lipinski definition) is 1. The fourth-order valence-electron chi connectivity index (χ4n) is 2.50. The fourth-order valence-corrected chi connectivity index (χ4v) is 2.50. The third-order valence-electron chi connectivity index (χ3n) is 3.67. The molecule has 2 aromatic carbocycles. The van der Waals surface area contributed by atoms with Crippen LogP contribution in [0.3, 0.4) is 0 Å². The summed E-state index contributed by atoms with van der Waals surface area (Å²) in [5, 5.41) is 3.41. The van der Waals surface area contributed by atoms with Crippen LogP contribution in [0.1, 0.15) is 32.4 Å². The smallest absolute Gasteiger partial charge is 0.123 e. The van der Waals surface area contributed by atoms with Crippen molar-refractivity contribution in [3.05, 3.63) is 59.9 Å². The van der Waals surface area contributed by atoms with Crippen molar-refractivity contribution in [3.63, 3.8) is 0 Å². The average Bonchev–Trinajstić information content (AvgIpc) is 2.51. The Balaban J connectivity index is 2.21. The lowest BCUT2D eigenvalue weighted by atomic mass is 10.1. The number of halogens is 1. The lowest BCUT2D eigenvalue weighted by Crippen LogP contribution is -2.18. The molecule has 0 aliphatic carbocycles. The number of anilines is 2. The molecule has 0 fully saturated rings. The Morgan fingerprint density at radius 1 is 0.952 bits per heavy atom. The summed E-state index contributed by atoms with van der Waals surface area (Å²) in [4.78, 5) is 2.17. The fraction of sp³-hybridized carbons (Fsp3) is 0.333. The molecular weight excluding hydrogens is 263 g/mol. The van der Waals surface area contributed by atoms with Crippen molar-refractivity contribution >= 4 is 11.4 Å². The number of nitrogens with one attached hydrogen (secondary N) is 1. The second kappa shape index (κ2) is 7.23. The molecule has 0 saturated heterocycles. The SMILES string of the molecule is CCNC(C)c1ccc(N(CC)c2ccc(F)cc2)cc1. The summed E-state index contributed by atoms with van der Waals surface area (Å²) in [7, 11) is 0. The summed E-state index contributed by atoms with van der Waals surface area (Å²) >= 11 is 0. The van der Waals surface area contributed by atoms with Gasteiger partial charge in [-0.15, -0.1) is 0 Å². The van der Waals surface area contributed by atoms with Gasteiger partial charge in [0.05, 0.1) is 0 Å². The number of benzene rings is 2. The largest absolute Gasteiger partial charge is 0.342 e. The van der Waals surface area contributed by atoms with Gasteiger partial charge in [-0.1, -0.05) is 19.1 Å². The van der Waals surface area contributed by atoms with Gasteiger partial charge in [0.25, 0.3) is 0 Å². The van der Waals surface area contributed by atoms with Crippen molar-refractivity contribution in [2.45, 2.75) is 26.8 Å². The maximum Gasteiger partial charge on any atom is 0.123 e. The molecule has 1 unspecified atom stereocenters. The van der Waals surface area contributed by atoms with Gasteiger partial charge in [-0.05, 0) is 62.4 Å². The van der Waals surface area contributed by atoms with Gasteiger partial charge in [0.15, 0.2) is 0 Å². The first-order valence-electron chi connectivity index (χ1n) is 7.52. The predicted octanol–water partition coefficient (Wildman–Crippen LogP) is 4.65. The van der Waals surface area contributed by atoms with Crippen molar-refractivity contribution < 1.29 is 4.39 Å². The first-order valence-corrected chi connectivity index (χ1v) is 7.52. The van der Waals surface area contributed by atoms with Crippen LogP contribution in [0.25, 0.3) is 0 Å². The molecule has 2 nitrogen and oxygen atoms in total. The Kier molecular flexibility index (Phi) is 5.34. The molecule has 0 radical (unpaired) electrons. The van der Waals surface area contributed by atoms with E-state index in [-0.39, 0.29) is 5.82 Å². The summed E-state index contributed by atoms with van der Waals surface area (Å²) in [6, 6.07) is 15.5. The van der Waals surface area contributed by atoms with Crippen molar-refractivity contribution in [3.8, 4) is 0 Å². The van der Waals surface area contributed by atoms with Gasteiger partial charge in [0.1, 0.15) is 5.82 Å². The molecular formula is C18H23FN2. The lowest BCUT2D eigenvalue weighted by molar-refractivity contribution is 0.598. The van der Waals surface area contributed by atoms with Crippen LogP contribution in [0, 0.1) is 5.82 Å². The second-order valence-electron chi connectivity index (χ2n) is 5.09. The zero-order valence-corrected chi connectivity index (χ0v) is 12.9. The Hall–Kier alpha value is -1.87. The molecule has 2 aromatic rings. The minimum atomic E-state index is -0.204. The quantitative estimate of drug-likeness (QED) is 0.831. The summed E-state index contributed by atoms with van der Waals surface area (Å²) in [6.45, 7) is 8.17. The van der Waals surface area contributed by atoms with Crippen molar-refractivity contribution in [2.75, 3.05) is 18.0 Å². The molecule has 0 bridgehead atoms. The minimum Gasteiger partial charge on any atom is -0.342 e. The normalized spacial score (nSPS) is 12.2. The van der Waals surface area contributed by atoms with Gasteiger partial charge < -0.3 is 10.2 Å². The zero-order valence-electron chi connectivity index (χ0n) is 12.9. The van der Waals surface area contributed by atoms with E-state index in [0.29, 0.717) is 6.04 Å². The first kappa shape index (κ1) is 15.5. The van der Waals surface area contributed by atoms with Crippen LogP contribution < -0.4 is 10.2 Å². The highest BCUT2D eigenvalue weighted by molar-refractivity contribution is 5.63. The maximum absolute atomic E-state index is 13.0. The maximum atomic E-state index is 13.0. The second-order valence-corrected chi connectivity index (χ2v) is 5.09. The molecule has 112 valence electrons. The predicted molar refractivity (Wildman–Crippen MR) is 87.6 cm³/mol. The van der Waals surface area contributed by atoms with Crippen LogP contribution in [-0.2, 0) is 0 Å². The highest BCUT2D eigenvalue weighted by Gasteiger charge is 2.09. The molecule has 1 atom stereocenters. The van der Waals surface area contributed by atoms with E-state index in [1.54, 1.807) is 0 Å². The van der Waals surface area contributed by atoms with E-state index in [1.807, 2.05) is 12.1 Å². The first-order chi connectivity index (χ1) is 10.2. The van der Waals surface area contributed by atoms with Crippen molar-refractivity contribution in [1.29, 1.82) is 0 Å². The third-order valence-corrected chi connectivity index (χ3v) is 3.67. The van der Waals surface area contributed by atoms with Crippen LogP contribution in [0.4, 0.5) is 15.8 Å². The molecule has 0 aliphatic rings. The molecule has 0 heterocycles. The van der Waals surface area contributed by atoms with E-state index in [0.717, 1.165) is 24.5 Å². The van der Waals surface area contributed by atoms with Crippen LogP contribution >= 0.6 is 0 Å². The Morgan fingerprint density at radius 2 is 1.48 bits per heavy atom. The Morgan fingerprint density at radius 3 is 1.95 bits per heavy atom. The van der Waals surface area contributed by atoms with Gasteiger partial charge in [-0.25, -0.2) is 4.39 Å². The van der Waals surface area contributed by atoms with E-state index in [2.05, 4.69) is 55.3 Å². The molecule has 2 rings (SSSR count). The number of hydrogen-bond acceptors (Lipinski definition) is 2. The van der Waals surface area contributed by atoms with Crippen LogP contribution in [0.5, 0.6) is 0 Å². The topological polar surface area (TPSA) is 15.3 Å². The lowest BCUT2D eigenvalue weighted by Gasteiger charge is -2.24. The van der Waals surface area contributed by atoms with Crippen LogP contribution in [0.2, 0.25) is 0 Å². The van der Waals surface area contributed by atoms with E-state index in [4.69, 9.17) is 0 Å². The van der Waals surface area contributed by atoms with E-state index < -0.39 is 0 Å². The van der Waals surface area contributed by atoms with E-state index in [9.17, 15) is 4.39 Å². The third kappa shape index (κ3) is 3.82. The zero-order chi connectivity index (χ0) is 15.2. The standard InChI is InChI=1S/C18H23FN2/c1-4-20-14(3)15-6-10-17(11-7-15)21(5-2)18-12-8-16(19)9-13-18/h6-14,20H,4-5H2,1-3H3. The van der Waals surface area contributed by atoms with Gasteiger partial charge in [0, 0.05) is 24.0 Å². The van der Waals surface area contributed by atoms with Crippen molar-refractivity contribution in [2.24, 2.45) is 0 Å². The minimum absolute atomic E-state index is 0.204. The van der Waals surface area contributed by atoms with Crippen LogP contribution in [-0.4, -0.2) is 13.1 Å². The molecule has 3 heteroatoms. The van der Waals surface area contributed by atoms with Gasteiger partial charge in [-0.2, -0.15) is 0 Å². The average molecular weight is 286 g/mol. The summed E-state index contributed by atoms with van der Waals surface area (Å²) in [5.74, 6) is -0.204. The van der Waals surface area contributed by atoms with Gasteiger partial charge >= 0.3 is 0 Å².